The Balaban J connectivity index is 1.30. The molecule has 3 amide bonds. The summed E-state index contributed by atoms with van der Waals surface area (Å²) in [4.78, 5) is 37.9. The summed E-state index contributed by atoms with van der Waals surface area (Å²) in [5, 5.41) is 5.96. The van der Waals surface area contributed by atoms with Gasteiger partial charge in [0.25, 0.3) is 0 Å². The van der Waals surface area contributed by atoms with Gasteiger partial charge in [-0.2, -0.15) is 0 Å². The van der Waals surface area contributed by atoms with Crippen molar-refractivity contribution in [2.75, 3.05) is 32.2 Å². The van der Waals surface area contributed by atoms with E-state index in [2.05, 4.69) is 36.2 Å². The average molecular weight is 547 g/mol. The second-order valence-electron chi connectivity index (χ2n) is 7.25. The van der Waals surface area contributed by atoms with E-state index in [1.807, 2.05) is 24.3 Å². The maximum absolute atomic E-state index is 12.5. The number of ether oxygens (including phenoxy) is 2. The van der Waals surface area contributed by atoms with Gasteiger partial charge < -0.3 is 25.1 Å². The van der Waals surface area contributed by atoms with Gasteiger partial charge in [0.1, 0.15) is 0 Å². The first-order valence-corrected chi connectivity index (χ1v) is 11.8. The van der Waals surface area contributed by atoms with Crippen molar-refractivity contribution in [3.05, 3.63) is 35.1 Å². The van der Waals surface area contributed by atoms with Crippen LogP contribution in [0.4, 0.5) is 10.6 Å². The Hall–Kier alpha value is -3.52. The van der Waals surface area contributed by atoms with Gasteiger partial charge in [-0.1, -0.05) is 12.2 Å². The highest BCUT2D eigenvalue weighted by Gasteiger charge is 2.23. The summed E-state index contributed by atoms with van der Waals surface area (Å²) < 4.78 is 13.4. The Kier molecular flexibility index (Phi) is 6.15. The first kappa shape index (κ1) is 22.3. The highest BCUT2D eigenvalue weighted by molar-refractivity contribution is 9.10. The fraction of sp³-hybridized carbons (Fsp3) is 0.250. The van der Waals surface area contributed by atoms with Crippen LogP contribution in [0.5, 0.6) is 11.5 Å². The third-order valence-electron chi connectivity index (χ3n) is 5.13. The van der Waals surface area contributed by atoms with Crippen molar-refractivity contribution < 1.29 is 19.1 Å². The number of hydrazine groups is 1. The number of carbonyl (C=O) groups excluding carboxylic acids is 2. The molecular weight excluding hydrogens is 528 g/mol. The quantitative estimate of drug-likeness (QED) is 0.350. The number of nitrogens with two attached hydrogens (primary N) is 1. The minimum Gasteiger partial charge on any atom is -0.454 e. The van der Waals surface area contributed by atoms with E-state index in [9.17, 15) is 9.59 Å². The molecule has 34 heavy (non-hydrogen) atoms. The Labute approximate surface area is 206 Å². The molecule has 12 nitrogen and oxygen atoms in total. The summed E-state index contributed by atoms with van der Waals surface area (Å²) in [5.74, 6) is 2.15. The molecule has 1 aromatic carbocycles. The lowest BCUT2D eigenvalue weighted by Gasteiger charge is -2.32. The average Bonchev–Trinajstić information content (AvgIpc) is 3.48. The third kappa shape index (κ3) is 4.33. The highest BCUT2D eigenvalue weighted by Crippen LogP contribution is 2.43. The second kappa shape index (κ2) is 9.38. The molecule has 1 aromatic rings. The number of nitrogens with one attached hydrogen (secondary N) is 1. The Bertz CT molecular complexity index is 1250. The molecule has 0 atom stereocenters. The molecule has 5 rings (SSSR count). The van der Waals surface area contributed by atoms with Gasteiger partial charge in [-0.3, -0.25) is 4.79 Å². The number of halogens is 1. The lowest BCUT2D eigenvalue weighted by molar-refractivity contribution is -0.128. The molecule has 0 aromatic heterocycles. The van der Waals surface area contributed by atoms with Gasteiger partial charge in [-0.25, -0.2) is 29.8 Å². The molecule has 0 saturated heterocycles. The number of amides is 3. The number of aromatic nitrogens is 4. The number of anilines is 1. The highest BCUT2D eigenvalue weighted by atomic mass is 79.9. The van der Waals surface area contributed by atoms with E-state index in [-0.39, 0.29) is 18.6 Å². The van der Waals surface area contributed by atoms with Crippen LogP contribution in [-0.2, 0) is 11.3 Å². The molecule has 0 unspecified atom stereocenters. The van der Waals surface area contributed by atoms with Gasteiger partial charge in [0, 0.05) is 22.5 Å². The Morgan fingerprint density at radius 1 is 1.24 bits per heavy atom. The largest absolute Gasteiger partial charge is 0.454 e. The van der Waals surface area contributed by atoms with Gasteiger partial charge in [0.05, 0.1) is 19.4 Å². The van der Waals surface area contributed by atoms with Crippen molar-refractivity contribution in [1.29, 1.82) is 0 Å². The topological polar surface area (TPSA) is 141 Å². The van der Waals surface area contributed by atoms with Gasteiger partial charge in [-0.05, 0) is 39.8 Å². The molecule has 4 heterocycles. The third-order valence-corrected chi connectivity index (χ3v) is 6.97. The van der Waals surface area contributed by atoms with Gasteiger partial charge in [0.15, 0.2) is 34.0 Å². The zero-order valence-electron chi connectivity index (χ0n) is 17.7. The van der Waals surface area contributed by atoms with Crippen LogP contribution in [0.15, 0.2) is 45.1 Å². The number of nitrogens with zero attached hydrogens (tertiary/aromatic N) is 6. The Morgan fingerprint density at radius 3 is 2.85 bits per heavy atom. The summed E-state index contributed by atoms with van der Waals surface area (Å²) >= 11 is 4.89. The van der Waals surface area contributed by atoms with E-state index in [1.54, 1.807) is 10.9 Å². The van der Waals surface area contributed by atoms with Crippen molar-refractivity contribution in [2.45, 2.75) is 16.6 Å². The fourth-order valence-electron chi connectivity index (χ4n) is 3.45. The molecule has 176 valence electrons. The summed E-state index contributed by atoms with van der Waals surface area (Å²) in [6.45, 7) is 1.55. The summed E-state index contributed by atoms with van der Waals surface area (Å²) in [6.07, 6.45) is 5.85. The first-order chi connectivity index (χ1) is 16.5. The second-order valence-corrected chi connectivity index (χ2v) is 9.12. The van der Waals surface area contributed by atoms with Crippen LogP contribution in [0.25, 0.3) is 11.5 Å². The van der Waals surface area contributed by atoms with Crippen molar-refractivity contribution in [2.24, 2.45) is 0 Å². The van der Waals surface area contributed by atoms with Crippen molar-refractivity contribution in [3.63, 3.8) is 0 Å². The van der Waals surface area contributed by atoms with Crippen LogP contribution in [-0.4, -0.2) is 68.4 Å². The minimum absolute atomic E-state index is 0.188. The normalized spacial score (nSPS) is 14.6. The number of imidazole rings is 1. The fourth-order valence-corrected chi connectivity index (χ4v) is 4.81. The van der Waals surface area contributed by atoms with Crippen LogP contribution >= 0.6 is 27.7 Å². The Morgan fingerprint density at radius 2 is 2.03 bits per heavy atom. The molecule has 0 radical (unpaired) electrons. The number of rotatable bonds is 6. The number of urea groups is 1. The van der Waals surface area contributed by atoms with Crippen LogP contribution < -0.4 is 20.5 Å². The number of fused-ring (bicyclic) bond motifs is 2. The molecule has 3 N–H and O–H groups in total. The van der Waals surface area contributed by atoms with Gasteiger partial charge in [0.2, 0.25) is 13.2 Å². The molecule has 0 aliphatic carbocycles. The summed E-state index contributed by atoms with van der Waals surface area (Å²) in [7, 11) is 0. The van der Waals surface area contributed by atoms with Crippen LogP contribution in [0.2, 0.25) is 0 Å². The number of nitrogen functional groups attached to an aromatic ring is 1. The lowest BCUT2D eigenvalue weighted by atomic mass is 10.3. The van der Waals surface area contributed by atoms with Crippen molar-refractivity contribution in [1.82, 2.24) is 34.9 Å². The van der Waals surface area contributed by atoms with E-state index in [1.165, 1.54) is 21.8 Å². The molecule has 4 aliphatic heterocycles. The van der Waals surface area contributed by atoms with E-state index in [0.717, 1.165) is 9.37 Å². The molecule has 0 saturated carbocycles. The summed E-state index contributed by atoms with van der Waals surface area (Å²) in [6, 6.07) is 3.34. The molecule has 0 fully saturated rings. The SMILES string of the molecule is Nc1ncn(CCNC(=O)N2CC=CCN2C=O)c2nc(Sc3cc4c(cc3Br)OCO4)nc1-2. The van der Waals surface area contributed by atoms with Crippen LogP contribution in [0.1, 0.15) is 0 Å². The van der Waals surface area contributed by atoms with Crippen LogP contribution in [0, 0.1) is 0 Å². The summed E-state index contributed by atoms with van der Waals surface area (Å²) in [5.41, 5.74) is 6.51. The predicted octanol–water partition coefficient (Wildman–Crippen LogP) is 1.96. The van der Waals surface area contributed by atoms with Crippen molar-refractivity contribution >= 4 is 46.0 Å². The number of hydrogen-bond donors (Lipinski definition) is 2. The van der Waals surface area contributed by atoms with Crippen LogP contribution in [0.3, 0.4) is 0 Å². The van der Waals surface area contributed by atoms with E-state index < -0.39 is 0 Å². The zero-order chi connectivity index (χ0) is 23.7. The monoisotopic (exact) mass is 546 g/mol. The number of carbonyl (C=O) groups is 2. The smallest absolute Gasteiger partial charge is 0.336 e. The predicted molar refractivity (Wildman–Crippen MR) is 125 cm³/mol. The maximum Gasteiger partial charge on any atom is 0.336 e. The standard InChI is InChI=1S/C20H19BrN8O4S/c21-12-7-13-14(33-11-32-13)8-15(12)34-19-25-16-17(22)24-9-27(18(16)26-19)6-3-23-20(31)29-5-2-1-4-28(29)10-30/h1-2,7-10H,3-6,11,22H2,(H,23,31). The molecule has 14 heteroatoms. The molecule has 0 bridgehead atoms. The lowest BCUT2D eigenvalue weighted by Crippen LogP contribution is -2.52. The van der Waals surface area contributed by atoms with Crippen molar-refractivity contribution in [3.8, 4) is 23.0 Å². The first-order valence-electron chi connectivity index (χ1n) is 10.2. The van der Waals surface area contributed by atoms with E-state index >= 15 is 0 Å². The maximum atomic E-state index is 12.5. The number of hydrogen-bond acceptors (Lipinski definition) is 9. The molecule has 0 spiro atoms. The van der Waals surface area contributed by atoms with E-state index in [4.69, 9.17) is 15.2 Å². The van der Waals surface area contributed by atoms with E-state index in [0.29, 0.717) is 60.8 Å². The van der Waals surface area contributed by atoms with Gasteiger partial charge >= 0.3 is 6.03 Å². The minimum atomic E-state index is -0.366. The zero-order valence-corrected chi connectivity index (χ0v) is 20.1. The molecular formula is C20H19BrN8O4S. The number of benzene rings is 1. The van der Waals surface area contributed by atoms with Gasteiger partial charge in [-0.15, -0.1) is 0 Å². The molecule has 4 aliphatic rings.